The number of hydrogen-bond acceptors (Lipinski definition) is 6. The van der Waals surface area contributed by atoms with Gasteiger partial charge in [0.15, 0.2) is 11.5 Å². The van der Waals surface area contributed by atoms with Gasteiger partial charge in [0, 0.05) is 18.1 Å². The summed E-state index contributed by atoms with van der Waals surface area (Å²) in [5, 5.41) is 3.00. The number of benzene rings is 3. The number of amides is 1. The van der Waals surface area contributed by atoms with Crippen molar-refractivity contribution in [3.63, 3.8) is 0 Å². The topological polar surface area (TPSA) is 90.9 Å². The van der Waals surface area contributed by atoms with Crippen LogP contribution in [0.1, 0.15) is 29.2 Å². The molecular weight excluding hydrogens is 454 g/mol. The molecule has 34 heavy (non-hydrogen) atoms. The summed E-state index contributed by atoms with van der Waals surface area (Å²) >= 11 is 0. The lowest BCUT2D eigenvalue weighted by Crippen LogP contribution is -2.30. The summed E-state index contributed by atoms with van der Waals surface area (Å²) in [6, 6.07) is 18.6. The fraction of sp³-hybridized carbons (Fsp3) is 0.192. The van der Waals surface area contributed by atoms with Crippen LogP contribution in [0.25, 0.3) is 6.08 Å². The minimum atomic E-state index is -4.01. The normalized spacial score (nSPS) is 15.3. The molecule has 0 fully saturated rings. The van der Waals surface area contributed by atoms with Crippen LogP contribution in [-0.4, -0.2) is 28.0 Å². The number of ether oxygens (including phenoxy) is 2. The van der Waals surface area contributed by atoms with Gasteiger partial charge in [-0.3, -0.25) is 4.79 Å². The smallest absolute Gasteiger partial charge is 0.339 e. The van der Waals surface area contributed by atoms with Crippen LogP contribution >= 0.6 is 0 Å². The van der Waals surface area contributed by atoms with Gasteiger partial charge in [-0.15, -0.1) is 0 Å². The molecular formula is C26H25NO6S. The Hall–Kier alpha value is -3.78. The maximum atomic E-state index is 12.6. The number of fused-ring (bicyclic) bond motifs is 1. The molecule has 1 N–H and O–H groups in total. The predicted molar refractivity (Wildman–Crippen MR) is 128 cm³/mol. The first-order chi connectivity index (χ1) is 16.4. The van der Waals surface area contributed by atoms with Crippen molar-refractivity contribution in [3.8, 4) is 17.2 Å². The molecule has 176 valence electrons. The Labute approximate surface area is 199 Å². The molecule has 1 heterocycles. The average Bonchev–Trinajstić information content (AvgIpc) is 2.84. The number of carbonyl (C=O) groups is 1. The molecule has 0 saturated heterocycles. The molecule has 0 saturated carbocycles. The van der Waals surface area contributed by atoms with E-state index in [0.29, 0.717) is 18.6 Å². The van der Waals surface area contributed by atoms with E-state index in [2.05, 4.69) is 5.32 Å². The molecule has 0 aromatic heterocycles. The van der Waals surface area contributed by atoms with Gasteiger partial charge in [0.25, 0.3) is 0 Å². The first kappa shape index (κ1) is 23.4. The lowest BCUT2D eigenvalue weighted by atomic mass is 10.0. The molecule has 3 aromatic rings. The summed E-state index contributed by atoms with van der Waals surface area (Å²) in [5.41, 5.74) is 2.55. The van der Waals surface area contributed by atoms with Crippen molar-refractivity contribution in [2.24, 2.45) is 0 Å². The SMILES string of the molecule is COc1cc(/C=C/C(=O)NC2CCOc3ccccc32)ccc1OS(=O)(=O)c1ccc(C)cc1. The Bertz CT molecular complexity index is 1320. The van der Waals surface area contributed by atoms with Gasteiger partial charge in [0.1, 0.15) is 10.6 Å². The zero-order valence-electron chi connectivity index (χ0n) is 18.9. The Balaban J connectivity index is 1.45. The molecule has 0 radical (unpaired) electrons. The van der Waals surface area contributed by atoms with Crippen LogP contribution in [0.4, 0.5) is 0 Å². The largest absolute Gasteiger partial charge is 0.493 e. The molecule has 0 aliphatic carbocycles. The quantitative estimate of drug-likeness (QED) is 0.398. The standard InChI is InChI=1S/C26H25NO6S/c1-18-7-11-20(12-8-18)34(29,30)33-24-13-9-19(17-25(24)31-2)10-14-26(28)27-22-15-16-32-23-6-4-3-5-21(22)23/h3-14,17,22H,15-16H2,1-2H3,(H,27,28)/b14-10+. The van der Waals surface area contributed by atoms with Crippen LogP contribution in [0.2, 0.25) is 0 Å². The first-order valence-corrected chi connectivity index (χ1v) is 12.2. The zero-order valence-corrected chi connectivity index (χ0v) is 19.7. The summed E-state index contributed by atoms with van der Waals surface area (Å²) in [7, 11) is -2.59. The van der Waals surface area contributed by atoms with E-state index in [9.17, 15) is 13.2 Å². The molecule has 1 amide bonds. The Morgan fingerprint density at radius 1 is 1.06 bits per heavy atom. The van der Waals surface area contributed by atoms with Crippen LogP contribution < -0.4 is 19.0 Å². The highest BCUT2D eigenvalue weighted by Crippen LogP contribution is 2.32. The number of aryl methyl sites for hydroxylation is 1. The van der Waals surface area contributed by atoms with Crippen molar-refractivity contribution in [2.75, 3.05) is 13.7 Å². The molecule has 4 rings (SSSR count). The predicted octanol–water partition coefficient (Wildman–Crippen LogP) is 4.42. The summed E-state index contributed by atoms with van der Waals surface area (Å²) in [5.74, 6) is 0.826. The molecule has 1 aliphatic heterocycles. The molecule has 7 nitrogen and oxygen atoms in total. The highest BCUT2D eigenvalue weighted by Gasteiger charge is 2.22. The summed E-state index contributed by atoms with van der Waals surface area (Å²) in [6.45, 7) is 2.41. The van der Waals surface area contributed by atoms with Crippen LogP contribution in [0.15, 0.2) is 77.7 Å². The van der Waals surface area contributed by atoms with Crippen molar-refractivity contribution in [3.05, 3.63) is 89.5 Å². The molecule has 1 unspecified atom stereocenters. The number of para-hydroxylation sites is 1. The van der Waals surface area contributed by atoms with Crippen LogP contribution in [0.5, 0.6) is 17.2 Å². The number of nitrogens with one attached hydrogen (secondary N) is 1. The number of carbonyl (C=O) groups excluding carboxylic acids is 1. The van der Waals surface area contributed by atoms with E-state index in [1.807, 2.05) is 31.2 Å². The van der Waals surface area contributed by atoms with Gasteiger partial charge in [-0.05, 0) is 48.9 Å². The van der Waals surface area contributed by atoms with Crippen molar-refractivity contribution in [1.29, 1.82) is 0 Å². The highest BCUT2D eigenvalue weighted by atomic mass is 32.2. The lowest BCUT2D eigenvalue weighted by molar-refractivity contribution is -0.117. The second kappa shape index (κ2) is 10.0. The van der Waals surface area contributed by atoms with Crippen molar-refractivity contribution >= 4 is 22.1 Å². The number of methoxy groups -OCH3 is 1. The lowest BCUT2D eigenvalue weighted by Gasteiger charge is -2.26. The van der Waals surface area contributed by atoms with E-state index in [-0.39, 0.29) is 28.3 Å². The van der Waals surface area contributed by atoms with E-state index >= 15 is 0 Å². The third kappa shape index (κ3) is 5.40. The Morgan fingerprint density at radius 2 is 1.82 bits per heavy atom. The molecule has 0 spiro atoms. The van der Waals surface area contributed by atoms with E-state index in [4.69, 9.17) is 13.7 Å². The van der Waals surface area contributed by atoms with Crippen LogP contribution in [-0.2, 0) is 14.9 Å². The van der Waals surface area contributed by atoms with Gasteiger partial charge in [0.05, 0.1) is 19.8 Å². The third-order valence-corrected chi connectivity index (χ3v) is 6.65. The van der Waals surface area contributed by atoms with Crippen molar-refractivity contribution in [2.45, 2.75) is 24.3 Å². The minimum absolute atomic E-state index is 0.0514. The van der Waals surface area contributed by atoms with E-state index < -0.39 is 10.1 Å². The highest BCUT2D eigenvalue weighted by molar-refractivity contribution is 7.87. The molecule has 1 atom stereocenters. The minimum Gasteiger partial charge on any atom is -0.493 e. The maximum Gasteiger partial charge on any atom is 0.339 e. The second-order valence-electron chi connectivity index (χ2n) is 7.83. The fourth-order valence-corrected chi connectivity index (χ4v) is 4.55. The number of hydrogen-bond donors (Lipinski definition) is 1. The van der Waals surface area contributed by atoms with Gasteiger partial charge < -0.3 is 19.0 Å². The average molecular weight is 480 g/mol. The Morgan fingerprint density at radius 3 is 2.59 bits per heavy atom. The van der Waals surface area contributed by atoms with Gasteiger partial charge in [-0.1, -0.05) is 42.0 Å². The number of rotatable bonds is 7. The molecule has 1 aliphatic rings. The van der Waals surface area contributed by atoms with Crippen molar-refractivity contribution < 1.29 is 26.9 Å². The Kier molecular flexibility index (Phi) is 6.88. The summed E-state index contributed by atoms with van der Waals surface area (Å²) < 4.78 is 41.5. The van der Waals surface area contributed by atoms with Gasteiger partial charge in [0.2, 0.25) is 5.91 Å². The molecule has 3 aromatic carbocycles. The first-order valence-electron chi connectivity index (χ1n) is 10.8. The van der Waals surface area contributed by atoms with Gasteiger partial charge >= 0.3 is 10.1 Å². The summed E-state index contributed by atoms with van der Waals surface area (Å²) in [6.07, 6.45) is 3.74. The van der Waals surface area contributed by atoms with Gasteiger partial charge in [-0.25, -0.2) is 0 Å². The zero-order chi connectivity index (χ0) is 24.1. The van der Waals surface area contributed by atoms with E-state index in [1.54, 1.807) is 30.3 Å². The summed E-state index contributed by atoms with van der Waals surface area (Å²) in [4.78, 5) is 12.6. The monoisotopic (exact) mass is 479 g/mol. The maximum absolute atomic E-state index is 12.6. The van der Waals surface area contributed by atoms with Crippen LogP contribution in [0.3, 0.4) is 0 Å². The second-order valence-corrected chi connectivity index (χ2v) is 9.38. The van der Waals surface area contributed by atoms with E-state index in [0.717, 1.165) is 16.9 Å². The van der Waals surface area contributed by atoms with Crippen molar-refractivity contribution in [1.82, 2.24) is 5.32 Å². The van der Waals surface area contributed by atoms with Crippen LogP contribution in [0, 0.1) is 6.92 Å². The molecule has 8 heteroatoms. The van der Waals surface area contributed by atoms with Gasteiger partial charge in [-0.2, -0.15) is 8.42 Å². The third-order valence-electron chi connectivity index (χ3n) is 5.40. The van der Waals surface area contributed by atoms with E-state index in [1.165, 1.54) is 31.4 Å². The molecule has 0 bridgehead atoms. The fourth-order valence-electron chi connectivity index (χ4n) is 3.61.